The van der Waals surface area contributed by atoms with E-state index in [0.29, 0.717) is 27.3 Å². The molecular weight excluding hydrogens is 394 g/mol. The molecule has 0 bridgehead atoms. The van der Waals surface area contributed by atoms with Crippen LogP contribution < -0.4 is 11.1 Å². The van der Waals surface area contributed by atoms with Gasteiger partial charge in [-0.05, 0) is 29.3 Å². The Morgan fingerprint density at radius 1 is 1.10 bits per heavy atom. The molecule has 0 fully saturated rings. The number of aromatic hydroxyl groups is 1. The number of nitro groups is 1. The first-order valence-corrected chi connectivity index (χ1v) is 9.10. The van der Waals surface area contributed by atoms with Crippen molar-refractivity contribution in [3.8, 4) is 16.9 Å². The van der Waals surface area contributed by atoms with Gasteiger partial charge in [-0.2, -0.15) is 0 Å². The number of nitro benzene ring substituents is 1. The van der Waals surface area contributed by atoms with Crippen molar-refractivity contribution in [3.05, 3.63) is 86.9 Å². The van der Waals surface area contributed by atoms with Gasteiger partial charge in [-0.3, -0.25) is 14.9 Å². The van der Waals surface area contributed by atoms with E-state index in [1.165, 1.54) is 18.2 Å². The van der Waals surface area contributed by atoms with Gasteiger partial charge in [0.2, 0.25) is 5.91 Å². The molecule has 0 heterocycles. The molecule has 0 saturated heterocycles. The van der Waals surface area contributed by atoms with E-state index in [1.807, 2.05) is 0 Å². The maximum absolute atomic E-state index is 12.3. The van der Waals surface area contributed by atoms with Gasteiger partial charge in [-0.1, -0.05) is 48.0 Å². The summed E-state index contributed by atoms with van der Waals surface area (Å²) in [4.78, 5) is 23.0. The number of phenols is 1. The molecule has 0 aliphatic heterocycles. The van der Waals surface area contributed by atoms with Crippen molar-refractivity contribution < 1.29 is 14.8 Å². The highest BCUT2D eigenvalue weighted by molar-refractivity contribution is 6.33. The van der Waals surface area contributed by atoms with E-state index >= 15 is 0 Å². The standard InChI is InChI=1S/C21H18ClN3O4/c22-16-6-3-5-15(12-24-20(27)11-13-4-1-2-7-19(13)26)21(16)14-8-9-17(23)18(10-14)25(28)29/h1-10,26H,11-12,23H2,(H,24,27). The maximum Gasteiger partial charge on any atom is 0.292 e. The maximum atomic E-state index is 12.3. The second-order valence-corrected chi connectivity index (χ2v) is 6.79. The Labute approximate surface area is 171 Å². The number of benzene rings is 3. The molecule has 4 N–H and O–H groups in total. The summed E-state index contributed by atoms with van der Waals surface area (Å²) in [5.41, 5.74) is 7.85. The number of nitrogens with one attached hydrogen (secondary N) is 1. The van der Waals surface area contributed by atoms with E-state index in [2.05, 4.69) is 5.32 Å². The van der Waals surface area contributed by atoms with Gasteiger partial charge >= 0.3 is 0 Å². The van der Waals surface area contributed by atoms with E-state index in [9.17, 15) is 20.0 Å². The summed E-state index contributed by atoms with van der Waals surface area (Å²) >= 11 is 6.35. The lowest BCUT2D eigenvalue weighted by molar-refractivity contribution is -0.383. The van der Waals surface area contributed by atoms with Crippen LogP contribution in [0.4, 0.5) is 11.4 Å². The molecule has 29 heavy (non-hydrogen) atoms. The van der Waals surface area contributed by atoms with Crippen molar-refractivity contribution in [1.82, 2.24) is 5.32 Å². The quantitative estimate of drug-likeness (QED) is 0.321. The number of carbonyl (C=O) groups is 1. The third-order valence-corrected chi connectivity index (χ3v) is 4.75. The van der Waals surface area contributed by atoms with Gasteiger partial charge in [0, 0.05) is 28.8 Å². The van der Waals surface area contributed by atoms with E-state index in [4.69, 9.17) is 17.3 Å². The first kappa shape index (κ1) is 20.2. The van der Waals surface area contributed by atoms with Crippen LogP contribution in [-0.2, 0) is 17.8 Å². The fourth-order valence-electron chi connectivity index (χ4n) is 2.99. The van der Waals surface area contributed by atoms with Gasteiger partial charge in [0.05, 0.1) is 11.3 Å². The number of hydrogen-bond acceptors (Lipinski definition) is 5. The van der Waals surface area contributed by atoms with Gasteiger partial charge in [0.25, 0.3) is 5.69 Å². The number of rotatable bonds is 6. The highest BCUT2D eigenvalue weighted by Gasteiger charge is 2.17. The average molecular weight is 412 g/mol. The Hall–Kier alpha value is -3.58. The molecule has 8 heteroatoms. The summed E-state index contributed by atoms with van der Waals surface area (Å²) in [5, 5.41) is 24.2. The topological polar surface area (TPSA) is 118 Å². The Morgan fingerprint density at radius 3 is 2.55 bits per heavy atom. The molecule has 0 radical (unpaired) electrons. The second-order valence-electron chi connectivity index (χ2n) is 6.39. The molecule has 0 aromatic heterocycles. The zero-order chi connectivity index (χ0) is 21.0. The zero-order valence-electron chi connectivity index (χ0n) is 15.3. The van der Waals surface area contributed by atoms with Gasteiger partial charge in [0.1, 0.15) is 11.4 Å². The number of para-hydroxylation sites is 1. The third kappa shape index (κ3) is 4.64. The van der Waals surface area contributed by atoms with Crippen LogP contribution in [0.3, 0.4) is 0 Å². The molecule has 148 valence electrons. The van der Waals surface area contributed by atoms with E-state index in [-0.39, 0.29) is 36.0 Å². The number of carbonyl (C=O) groups excluding carboxylic acids is 1. The summed E-state index contributed by atoms with van der Waals surface area (Å²) in [7, 11) is 0. The van der Waals surface area contributed by atoms with Crippen LogP contribution in [0.2, 0.25) is 5.02 Å². The first-order chi connectivity index (χ1) is 13.9. The smallest absolute Gasteiger partial charge is 0.292 e. The number of hydrogen-bond donors (Lipinski definition) is 3. The lowest BCUT2D eigenvalue weighted by atomic mass is 9.98. The van der Waals surface area contributed by atoms with E-state index in [1.54, 1.807) is 42.5 Å². The summed E-state index contributed by atoms with van der Waals surface area (Å²) in [6.07, 6.45) is 0.0237. The van der Waals surface area contributed by atoms with Gasteiger partial charge < -0.3 is 16.2 Å². The molecule has 0 spiro atoms. The van der Waals surface area contributed by atoms with Crippen LogP contribution in [0.1, 0.15) is 11.1 Å². The third-order valence-electron chi connectivity index (χ3n) is 4.43. The van der Waals surface area contributed by atoms with Crippen LogP contribution in [0.5, 0.6) is 5.75 Å². The van der Waals surface area contributed by atoms with Crippen molar-refractivity contribution in [1.29, 1.82) is 0 Å². The lowest BCUT2D eigenvalue weighted by Gasteiger charge is -2.13. The molecule has 1 amide bonds. The van der Waals surface area contributed by atoms with Crippen molar-refractivity contribution in [3.63, 3.8) is 0 Å². The lowest BCUT2D eigenvalue weighted by Crippen LogP contribution is -2.24. The van der Waals surface area contributed by atoms with Gasteiger partial charge in [0.15, 0.2) is 0 Å². The average Bonchev–Trinajstić information content (AvgIpc) is 2.68. The second kappa shape index (κ2) is 8.62. The number of nitrogen functional groups attached to an aromatic ring is 1. The molecule has 0 aliphatic carbocycles. The zero-order valence-corrected chi connectivity index (χ0v) is 16.0. The Bertz CT molecular complexity index is 1090. The van der Waals surface area contributed by atoms with Crippen LogP contribution >= 0.6 is 11.6 Å². The first-order valence-electron chi connectivity index (χ1n) is 8.72. The van der Waals surface area contributed by atoms with Crippen molar-refractivity contribution in [2.75, 3.05) is 5.73 Å². The number of amides is 1. The molecule has 3 aromatic carbocycles. The summed E-state index contributed by atoms with van der Waals surface area (Å²) in [5.74, 6) is -0.221. The number of nitrogens with zero attached hydrogens (tertiary/aromatic N) is 1. The monoisotopic (exact) mass is 411 g/mol. The number of anilines is 1. The molecule has 0 atom stereocenters. The molecule has 0 unspecified atom stereocenters. The van der Waals surface area contributed by atoms with Crippen LogP contribution in [0.25, 0.3) is 11.1 Å². The largest absolute Gasteiger partial charge is 0.508 e. The molecular formula is C21H18ClN3O4. The van der Waals surface area contributed by atoms with Crippen LogP contribution in [0.15, 0.2) is 60.7 Å². The van der Waals surface area contributed by atoms with Crippen molar-refractivity contribution in [2.45, 2.75) is 13.0 Å². The van der Waals surface area contributed by atoms with Gasteiger partial charge in [-0.15, -0.1) is 0 Å². The number of phenolic OH excluding ortho intramolecular Hbond substituents is 1. The summed E-state index contributed by atoms with van der Waals surface area (Å²) < 4.78 is 0. The molecule has 0 aliphatic rings. The fraction of sp³-hybridized carbons (Fsp3) is 0.0952. The minimum atomic E-state index is -0.552. The van der Waals surface area contributed by atoms with Crippen molar-refractivity contribution in [2.24, 2.45) is 0 Å². The van der Waals surface area contributed by atoms with E-state index in [0.717, 1.165) is 0 Å². The van der Waals surface area contributed by atoms with Crippen LogP contribution in [-0.4, -0.2) is 15.9 Å². The molecule has 7 nitrogen and oxygen atoms in total. The number of nitrogens with two attached hydrogens (primary N) is 1. The van der Waals surface area contributed by atoms with Crippen LogP contribution in [0, 0.1) is 10.1 Å². The predicted molar refractivity (Wildman–Crippen MR) is 112 cm³/mol. The Morgan fingerprint density at radius 2 is 1.83 bits per heavy atom. The Kier molecular flexibility index (Phi) is 5.99. The minimum absolute atomic E-state index is 0.0237. The minimum Gasteiger partial charge on any atom is -0.508 e. The molecule has 3 rings (SSSR count). The predicted octanol–water partition coefficient (Wildman–Crippen LogP) is 4.06. The normalized spacial score (nSPS) is 10.5. The summed E-state index contributed by atoms with van der Waals surface area (Å²) in [6.45, 7) is 0.167. The highest BCUT2D eigenvalue weighted by atomic mass is 35.5. The van der Waals surface area contributed by atoms with Crippen molar-refractivity contribution >= 4 is 28.9 Å². The summed E-state index contributed by atoms with van der Waals surface area (Å²) in [6, 6.07) is 16.3. The Balaban J connectivity index is 1.84. The number of halogens is 1. The SMILES string of the molecule is Nc1ccc(-c2c(Cl)cccc2CNC(=O)Cc2ccccc2O)cc1[N+](=O)[O-]. The molecule has 0 saturated carbocycles. The molecule has 3 aromatic rings. The van der Waals surface area contributed by atoms with E-state index < -0.39 is 4.92 Å². The van der Waals surface area contributed by atoms with Gasteiger partial charge in [-0.25, -0.2) is 0 Å². The fourth-order valence-corrected chi connectivity index (χ4v) is 3.29. The highest BCUT2D eigenvalue weighted by Crippen LogP contribution is 2.35.